The molecule has 122 valence electrons. The fraction of sp³-hybridized carbons (Fsp3) is 0.476. The van der Waals surface area contributed by atoms with E-state index >= 15 is 0 Å². The van der Waals surface area contributed by atoms with E-state index in [1.807, 2.05) is 6.20 Å². The van der Waals surface area contributed by atoms with Crippen molar-refractivity contribution in [2.45, 2.75) is 40.0 Å². The molecule has 1 nitrogen and oxygen atoms in total. The van der Waals surface area contributed by atoms with Crippen LogP contribution in [0.2, 0.25) is 0 Å². The van der Waals surface area contributed by atoms with Crippen LogP contribution in [-0.4, -0.2) is 4.98 Å². The Morgan fingerprint density at radius 2 is 2.13 bits per heavy atom. The van der Waals surface area contributed by atoms with Crippen molar-refractivity contribution >= 4 is 10.9 Å². The highest BCUT2D eigenvalue weighted by Crippen LogP contribution is 2.43. The third-order valence-corrected chi connectivity index (χ3v) is 5.76. The molecule has 1 aliphatic rings. The van der Waals surface area contributed by atoms with Gasteiger partial charge in [-0.2, -0.15) is 0 Å². The maximum Gasteiger partial charge on any atom is 0.123 e. The van der Waals surface area contributed by atoms with Gasteiger partial charge in [-0.1, -0.05) is 26.0 Å². The highest BCUT2D eigenvalue weighted by molar-refractivity contribution is 5.82. The molecule has 1 aromatic carbocycles. The van der Waals surface area contributed by atoms with Crippen molar-refractivity contribution in [1.29, 1.82) is 0 Å². The van der Waals surface area contributed by atoms with Gasteiger partial charge in [0.05, 0.1) is 5.52 Å². The molecule has 0 amide bonds. The number of hydrogen-bond acceptors (Lipinski definition) is 1. The van der Waals surface area contributed by atoms with Crippen LogP contribution in [0.1, 0.15) is 39.2 Å². The van der Waals surface area contributed by atoms with E-state index in [1.54, 1.807) is 12.1 Å². The number of rotatable bonds is 4. The number of nitrogens with zero attached hydrogens (tertiary/aromatic N) is 1. The highest BCUT2D eigenvalue weighted by atomic mass is 19.1. The molecule has 1 saturated carbocycles. The molecule has 0 aliphatic heterocycles. The summed E-state index contributed by atoms with van der Waals surface area (Å²) in [4.78, 5) is 4.36. The lowest BCUT2D eigenvalue weighted by atomic mass is 9.82. The van der Waals surface area contributed by atoms with Crippen molar-refractivity contribution in [2.24, 2.45) is 23.7 Å². The van der Waals surface area contributed by atoms with Crippen LogP contribution < -0.4 is 0 Å². The zero-order chi connectivity index (χ0) is 16.6. The summed E-state index contributed by atoms with van der Waals surface area (Å²) in [6.07, 6.45) is 5.36. The van der Waals surface area contributed by atoms with Crippen molar-refractivity contribution in [3.05, 3.63) is 54.0 Å². The van der Waals surface area contributed by atoms with Crippen LogP contribution >= 0.6 is 0 Å². The second-order valence-corrected chi connectivity index (χ2v) is 7.45. The summed E-state index contributed by atoms with van der Waals surface area (Å²) in [7, 11) is 0. The van der Waals surface area contributed by atoms with E-state index in [1.165, 1.54) is 30.0 Å². The van der Waals surface area contributed by atoms with Crippen molar-refractivity contribution in [2.75, 3.05) is 0 Å². The molecular weight excluding hydrogens is 285 g/mol. The van der Waals surface area contributed by atoms with E-state index in [4.69, 9.17) is 0 Å². The number of halogens is 1. The van der Waals surface area contributed by atoms with Gasteiger partial charge in [-0.15, -0.1) is 0 Å². The molecule has 2 heteroatoms. The van der Waals surface area contributed by atoms with Crippen LogP contribution in [-0.2, 0) is 6.42 Å². The molecule has 0 spiro atoms. The molecule has 2 aromatic rings. The number of aromatic nitrogens is 1. The van der Waals surface area contributed by atoms with Gasteiger partial charge in [-0.05, 0) is 79.7 Å². The molecule has 1 aromatic heterocycles. The van der Waals surface area contributed by atoms with E-state index in [0.29, 0.717) is 11.8 Å². The minimum Gasteiger partial charge on any atom is -0.256 e. The molecule has 1 aliphatic carbocycles. The van der Waals surface area contributed by atoms with Crippen LogP contribution in [0.3, 0.4) is 0 Å². The van der Waals surface area contributed by atoms with Crippen LogP contribution in [0.25, 0.3) is 10.9 Å². The van der Waals surface area contributed by atoms with Crippen LogP contribution in [0.5, 0.6) is 0 Å². The highest BCUT2D eigenvalue weighted by Gasteiger charge is 2.34. The lowest BCUT2D eigenvalue weighted by Crippen LogP contribution is -2.15. The maximum absolute atomic E-state index is 13.6. The fourth-order valence-corrected chi connectivity index (χ4v) is 4.31. The maximum atomic E-state index is 13.6. The third kappa shape index (κ3) is 3.31. The predicted molar refractivity (Wildman–Crippen MR) is 94.8 cm³/mol. The van der Waals surface area contributed by atoms with Gasteiger partial charge in [0.2, 0.25) is 0 Å². The Kier molecular flexibility index (Phi) is 4.52. The standard InChI is InChI=1S/C21H26FN/c1-13(2)15(4)19-11-16(9-14(19)3)10-17-7-8-23-21-6-5-18(22)12-20(17)21/h5-8,12,14-16,19H,1,9-11H2,2-4H3. The van der Waals surface area contributed by atoms with Gasteiger partial charge >= 0.3 is 0 Å². The van der Waals surface area contributed by atoms with E-state index < -0.39 is 0 Å². The molecule has 0 bridgehead atoms. The first-order valence-electron chi connectivity index (χ1n) is 8.64. The van der Waals surface area contributed by atoms with Crippen molar-refractivity contribution < 1.29 is 4.39 Å². The molecule has 3 rings (SSSR count). The van der Waals surface area contributed by atoms with E-state index in [2.05, 4.69) is 38.4 Å². The fourth-order valence-electron chi connectivity index (χ4n) is 4.31. The van der Waals surface area contributed by atoms with Gasteiger partial charge < -0.3 is 0 Å². The van der Waals surface area contributed by atoms with Crippen molar-refractivity contribution in [3.8, 4) is 0 Å². The Bertz CT molecular complexity index is 721. The zero-order valence-corrected chi connectivity index (χ0v) is 14.3. The minimum atomic E-state index is -0.180. The normalized spacial score (nSPS) is 25.7. The largest absolute Gasteiger partial charge is 0.256 e. The molecule has 23 heavy (non-hydrogen) atoms. The summed E-state index contributed by atoms with van der Waals surface area (Å²) in [5.41, 5.74) is 3.41. The Labute approximate surface area is 138 Å². The first kappa shape index (κ1) is 16.2. The number of hydrogen-bond donors (Lipinski definition) is 0. The summed E-state index contributed by atoms with van der Waals surface area (Å²) in [5, 5.41) is 0.969. The first-order chi connectivity index (χ1) is 11.0. The molecular formula is C21H26FN. The third-order valence-electron chi connectivity index (χ3n) is 5.76. The first-order valence-corrected chi connectivity index (χ1v) is 8.64. The van der Waals surface area contributed by atoms with Gasteiger partial charge in [0, 0.05) is 11.6 Å². The number of fused-ring (bicyclic) bond motifs is 1. The summed E-state index contributed by atoms with van der Waals surface area (Å²) in [5.74, 6) is 2.53. The van der Waals surface area contributed by atoms with E-state index in [0.717, 1.165) is 29.2 Å². The van der Waals surface area contributed by atoms with Gasteiger partial charge in [-0.25, -0.2) is 4.39 Å². The Morgan fingerprint density at radius 3 is 2.87 bits per heavy atom. The van der Waals surface area contributed by atoms with E-state index in [9.17, 15) is 4.39 Å². The van der Waals surface area contributed by atoms with Gasteiger partial charge in [-0.3, -0.25) is 4.98 Å². The summed E-state index contributed by atoms with van der Waals surface area (Å²) in [6.45, 7) is 11.0. The number of allylic oxidation sites excluding steroid dienone is 1. The molecule has 1 fully saturated rings. The van der Waals surface area contributed by atoms with Crippen molar-refractivity contribution in [3.63, 3.8) is 0 Å². The van der Waals surface area contributed by atoms with Crippen LogP contribution in [0.4, 0.5) is 4.39 Å². The monoisotopic (exact) mass is 311 g/mol. The van der Waals surface area contributed by atoms with Crippen LogP contribution in [0.15, 0.2) is 42.6 Å². The average molecular weight is 311 g/mol. The van der Waals surface area contributed by atoms with Crippen molar-refractivity contribution in [1.82, 2.24) is 4.98 Å². The Hall–Kier alpha value is -1.70. The topological polar surface area (TPSA) is 12.9 Å². The predicted octanol–water partition coefficient (Wildman–Crippen LogP) is 5.79. The Morgan fingerprint density at radius 1 is 1.35 bits per heavy atom. The Balaban J connectivity index is 1.81. The number of benzene rings is 1. The molecule has 0 N–H and O–H groups in total. The molecule has 1 heterocycles. The molecule has 0 radical (unpaired) electrons. The molecule has 4 atom stereocenters. The zero-order valence-electron chi connectivity index (χ0n) is 14.3. The minimum absolute atomic E-state index is 0.180. The average Bonchev–Trinajstić information content (AvgIpc) is 2.87. The lowest BCUT2D eigenvalue weighted by Gasteiger charge is -2.23. The van der Waals surface area contributed by atoms with Crippen LogP contribution in [0, 0.1) is 29.5 Å². The SMILES string of the molecule is C=C(C)C(C)C1CC(Cc2ccnc3ccc(F)cc23)CC1C. The molecule has 4 unspecified atom stereocenters. The summed E-state index contributed by atoms with van der Waals surface area (Å²) < 4.78 is 13.6. The quantitative estimate of drug-likeness (QED) is 0.651. The number of pyridine rings is 1. The van der Waals surface area contributed by atoms with Gasteiger partial charge in [0.15, 0.2) is 0 Å². The van der Waals surface area contributed by atoms with Gasteiger partial charge in [0.1, 0.15) is 5.82 Å². The lowest BCUT2D eigenvalue weighted by molar-refractivity contribution is 0.327. The second kappa shape index (κ2) is 6.43. The smallest absolute Gasteiger partial charge is 0.123 e. The summed E-state index contributed by atoms with van der Waals surface area (Å²) >= 11 is 0. The van der Waals surface area contributed by atoms with Gasteiger partial charge in [0.25, 0.3) is 0 Å². The second-order valence-electron chi connectivity index (χ2n) is 7.45. The van der Waals surface area contributed by atoms with E-state index in [-0.39, 0.29) is 5.82 Å². The summed E-state index contributed by atoms with van der Waals surface area (Å²) in [6, 6.07) is 6.95. The molecule has 0 saturated heterocycles.